The Hall–Kier alpha value is -2.19. The SMILES string of the molecule is CCn1c(SCC(=O)Nc2cccc(F)c2)nc2ccc(Br)cc2c1=O. The number of benzene rings is 2. The summed E-state index contributed by atoms with van der Waals surface area (Å²) in [7, 11) is 0. The highest BCUT2D eigenvalue weighted by Gasteiger charge is 2.13. The Morgan fingerprint density at radius 1 is 1.31 bits per heavy atom. The molecule has 5 nitrogen and oxygen atoms in total. The van der Waals surface area contributed by atoms with E-state index in [9.17, 15) is 14.0 Å². The summed E-state index contributed by atoms with van der Waals surface area (Å²) in [6, 6.07) is 11.0. The average molecular weight is 436 g/mol. The normalized spacial score (nSPS) is 10.9. The molecule has 1 amide bonds. The average Bonchev–Trinajstić information content (AvgIpc) is 2.61. The molecule has 0 saturated heterocycles. The second kappa shape index (κ2) is 8.01. The van der Waals surface area contributed by atoms with Gasteiger partial charge in [-0.1, -0.05) is 33.8 Å². The molecule has 1 aromatic heterocycles. The highest BCUT2D eigenvalue weighted by atomic mass is 79.9. The van der Waals surface area contributed by atoms with E-state index in [4.69, 9.17) is 0 Å². The predicted octanol–water partition coefficient (Wildman–Crippen LogP) is 4.05. The van der Waals surface area contributed by atoms with Gasteiger partial charge in [0, 0.05) is 16.7 Å². The van der Waals surface area contributed by atoms with E-state index >= 15 is 0 Å². The lowest BCUT2D eigenvalue weighted by atomic mass is 10.2. The first-order chi connectivity index (χ1) is 12.5. The molecule has 0 fully saturated rings. The highest BCUT2D eigenvalue weighted by molar-refractivity contribution is 9.10. The topological polar surface area (TPSA) is 64.0 Å². The van der Waals surface area contributed by atoms with Gasteiger partial charge in [-0.25, -0.2) is 9.37 Å². The summed E-state index contributed by atoms with van der Waals surface area (Å²) in [4.78, 5) is 29.3. The smallest absolute Gasteiger partial charge is 0.262 e. The number of nitrogens with zero attached hydrogens (tertiary/aromatic N) is 2. The number of hydrogen-bond acceptors (Lipinski definition) is 4. The lowest BCUT2D eigenvalue weighted by Gasteiger charge is -2.11. The second-order valence-corrected chi connectivity index (χ2v) is 7.31. The molecular formula is C18H15BrFN3O2S. The van der Waals surface area contributed by atoms with Crippen LogP contribution < -0.4 is 10.9 Å². The number of rotatable bonds is 5. The molecule has 0 atom stereocenters. The van der Waals surface area contributed by atoms with E-state index < -0.39 is 5.82 Å². The predicted molar refractivity (Wildman–Crippen MR) is 105 cm³/mol. The number of aromatic nitrogens is 2. The van der Waals surface area contributed by atoms with Crippen molar-refractivity contribution in [2.75, 3.05) is 11.1 Å². The summed E-state index contributed by atoms with van der Waals surface area (Å²) in [6.07, 6.45) is 0. The van der Waals surface area contributed by atoms with Gasteiger partial charge in [0.15, 0.2) is 5.16 Å². The summed E-state index contributed by atoms with van der Waals surface area (Å²) < 4.78 is 15.5. The number of hydrogen-bond donors (Lipinski definition) is 1. The Balaban J connectivity index is 1.81. The molecule has 0 aliphatic carbocycles. The zero-order chi connectivity index (χ0) is 18.7. The molecule has 0 saturated carbocycles. The molecule has 26 heavy (non-hydrogen) atoms. The summed E-state index contributed by atoms with van der Waals surface area (Å²) in [5.41, 5.74) is 0.822. The standard InChI is InChI=1S/C18H15BrFN3O2S/c1-2-23-17(25)14-8-11(19)6-7-15(14)22-18(23)26-10-16(24)21-13-5-3-4-12(20)9-13/h3-9H,2,10H2,1H3,(H,21,24). The second-order valence-electron chi connectivity index (χ2n) is 5.45. The van der Waals surface area contributed by atoms with Crippen LogP contribution in [0.2, 0.25) is 0 Å². The molecule has 2 aromatic carbocycles. The van der Waals surface area contributed by atoms with Gasteiger partial charge in [0.1, 0.15) is 5.82 Å². The Morgan fingerprint density at radius 2 is 2.12 bits per heavy atom. The minimum Gasteiger partial charge on any atom is -0.325 e. The van der Waals surface area contributed by atoms with Crippen LogP contribution in [0.25, 0.3) is 10.9 Å². The van der Waals surface area contributed by atoms with Gasteiger partial charge in [-0.3, -0.25) is 14.2 Å². The molecule has 0 radical (unpaired) electrons. The quantitative estimate of drug-likeness (QED) is 0.484. The summed E-state index contributed by atoms with van der Waals surface area (Å²) in [5.74, 6) is -0.656. The third kappa shape index (κ3) is 4.13. The van der Waals surface area contributed by atoms with Crippen LogP contribution in [0.1, 0.15) is 6.92 Å². The van der Waals surface area contributed by atoms with Crippen LogP contribution in [0.15, 0.2) is 56.9 Å². The summed E-state index contributed by atoms with van der Waals surface area (Å²) >= 11 is 4.53. The number of amides is 1. The van der Waals surface area contributed by atoms with Crippen LogP contribution >= 0.6 is 27.7 Å². The molecule has 0 spiro atoms. The molecule has 0 unspecified atom stereocenters. The van der Waals surface area contributed by atoms with Gasteiger partial charge in [0.25, 0.3) is 5.56 Å². The number of anilines is 1. The van der Waals surface area contributed by atoms with Crippen molar-refractivity contribution in [2.24, 2.45) is 0 Å². The molecule has 0 aliphatic rings. The first kappa shape index (κ1) is 18.6. The first-order valence-electron chi connectivity index (χ1n) is 7.86. The van der Waals surface area contributed by atoms with Crippen molar-refractivity contribution in [1.29, 1.82) is 0 Å². The minimum atomic E-state index is -0.419. The van der Waals surface area contributed by atoms with E-state index in [2.05, 4.69) is 26.2 Å². The van der Waals surface area contributed by atoms with E-state index in [1.165, 1.54) is 34.5 Å². The maximum absolute atomic E-state index is 13.2. The molecule has 8 heteroatoms. The Bertz CT molecular complexity index is 1040. The number of halogens is 2. The molecule has 1 heterocycles. The lowest BCUT2D eigenvalue weighted by molar-refractivity contribution is -0.113. The van der Waals surface area contributed by atoms with Crippen molar-refractivity contribution in [3.05, 3.63) is 63.1 Å². The summed E-state index contributed by atoms with van der Waals surface area (Å²) in [6.45, 7) is 2.30. The van der Waals surface area contributed by atoms with Crippen molar-refractivity contribution in [1.82, 2.24) is 9.55 Å². The fourth-order valence-corrected chi connectivity index (χ4v) is 3.68. The van der Waals surface area contributed by atoms with Gasteiger partial charge in [0.2, 0.25) is 5.91 Å². The van der Waals surface area contributed by atoms with Crippen molar-refractivity contribution in [3.8, 4) is 0 Å². The number of thioether (sulfide) groups is 1. The fourth-order valence-electron chi connectivity index (χ4n) is 2.46. The van der Waals surface area contributed by atoms with E-state index in [0.717, 1.165) is 4.47 Å². The third-order valence-corrected chi connectivity index (χ3v) is 5.11. The van der Waals surface area contributed by atoms with Crippen molar-refractivity contribution in [3.63, 3.8) is 0 Å². The Kier molecular flexibility index (Phi) is 5.73. The fraction of sp³-hybridized carbons (Fsp3) is 0.167. The van der Waals surface area contributed by atoms with Crippen LogP contribution in [0.3, 0.4) is 0 Å². The van der Waals surface area contributed by atoms with Crippen molar-refractivity contribution >= 4 is 50.2 Å². The van der Waals surface area contributed by atoms with Crippen LogP contribution in [-0.2, 0) is 11.3 Å². The largest absolute Gasteiger partial charge is 0.325 e. The summed E-state index contributed by atoms with van der Waals surface area (Å²) in [5, 5.41) is 3.63. The van der Waals surface area contributed by atoms with Crippen LogP contribution in [0.4, 0.5) is 10.1 Å². The minimum absolute atomic E-state index is 0.0605. The van der Waals surface area contributed by atoms with Gasteiger partial charge >= 0.3 is 0 Å². The van der Waals surface area contributed by atoms with Gasteiger partial charge < -0.3 is 5.32 Å². The van der Waals surface area contributed by atoms with Crippen LogP contribution in [-0.4, -0.2) is 21.2 Å². The van der Waals surface area contributed by atoms with Gasteiger partial charge in [-0.05, 0) is 43.3 Å². The monoisotopic (exact) mass is 435 g/mol. The lowest BCUT2D eigenvalue weighted by Crippen LogP contribution is -2.23. The molecule has 0 aliphatic heterocycles. The number of nitrogens with one attached hydrogen (secondary N) is 1. The Morgan fingerprint density at radius 3 is 2.85 bits per heavy atom. The molecule has 3 aromatic rings. The number of carbonyl (C=O) groups is 1. The molecule has 0 bridgehead atoms. The zero-order valence-corrected chi connectivity index (χ0v) is 16.2. The van der Waals surface area contributed by atoms with Gasteiger partial charge in [0.05, 0.1) is 16.7 Å². The van der Waals surface area contributed by atoms with Crippen molar-refractivity contribution in [2.45, 2.75) is 18.6 Å². The van der Waals surface area contributed by atoms with E-state index in [1.807, 2.05) is 13.0 Å². The van der Waals surface area contributed by atoms with Crippen LogP contribution in [0, 0.1) is 5.82 Å². The number of fused-ring (bicyclic) bond motifs is 1. The molecular weight excluding hydrogens is 421 g/mol. The molecule has 3 rings (SSSR count). The zero-order valence-electron chi connectivity index (χ0n) is 13.8. The third-order valence-electron chi connectivity index (χ3n) is 3.64. The maximum atomic E-state index is 13.2. The number of carbonyl (C=O) groups excluding carboxylic acids is 1. The van der Waals surface area contributed by atoms with E-state index in [0.29, 0.717) is 28.3 Å². The Labute approximate surface area is 161 Å². The molecule has 134 valence electrons. The maximum Gasteiger partial charge on any atom is 0.262 e. The van der Waals surface area contributed by atoms with Gasteiger partial charge in [-0.15, -0.1) is 0 Å². The van der Waals surface area contributed by atoms with Crippen molar-refractivity contribution < 1.29 is 9.18 Å². The van der Waals surface area contributed by atoms with Gasteiger partial charge in [-0.2, -0.15) is 0 Å². The van der Waals surface area contributed by atoms with E-state index in [1.54, 1.807) is 18.2 Å². The molecule has 1 N–H and O–H groups in total. The van der Waals surface area contributed by atoms with E-state index in [-0.39, 0.29) is 17.2 Å². The van der Waals surface area contributed by atoms with Crippen LogP contribution in [0.5, 0.6) is 0 Å². The highest BCUT2D eigenvalue weighted by Crippen LogP contribution is 2.21. The first-order valence-corrected chi connectivity index (χ1v) is 9.64.